The maximum atomic E-state index is 12.0. The first-order valence-electron chi connectivity index (χ1n) is 7.86. The number of ether oxygens (including phenoxy) is 3. The van der Waals surface area contributed by atoms with Crippen LogP contribution in [-0.2, 0) is 19.1 Å². The number of carbonyl (C=O) groups is 3. The summed E-state index contributed by atoms with van der Waals surface area (Å²) in [7, 11) is 1.25. The molecule has 0 heterocycles. The van der Waals surface area contributed by atoms with Crippen LogP contribution in [0.2, 0.25) is 0 Å². The van der Waals surface area contributed by atoms with E-state index in [2.05, 4.69) is 10.1 Å². The monoisotopic (exact) mass is 357 g/mol. The highest BCUT2D eigenvalue weighted by atomic mass is 16.6. The standard InChI is InChI=1S/C19H19NO6/c1-13(26-14-8-4-3-5-9-14)18(22)25-12-17(21)20-16-11-7-6-10-15(16)19(23)24-2/h3-11,13H,12H2,1-2H3,(H,20,21)/t13-/m1/s1. The Balaban J connectivity index is 1.87. The Bertz CT molecular complexity index is 775. The van der Waals surface area contributed by atoms with Gasteiger partial charge in [0.1, 0.15) is 5.75 Å². The zero-order chi connectivity index (χ0) is 18.9. The lowest BCUT2D eigenvalue weighted by atomic mass is 10.2. The highest BCUT2D eigenvalue weighted by Gasteiger charge is 2.19. The highest BCUT2D eigenvalue weighted by Crippen LogP contribution is 2.16. The zero-order valence-electron chi connectivity index (χ0n) is 14.4. The van der Waals surface area contributed by atoms with E-state index in [0.717, 1.165) is 0 Å². The van der Waals surface area contributed by atoms with E-state index in [1.54, 1.807) is 42.5 Å². The fourth-order valence-electron chi connectivity index (χ4n) is 2.07. The lowest BCUT2D eigenvalue weighted by Gasteiger charge is -2.14. The van der Waals surface area contributed by atoms with E-state index in [1.807, 2.05) is 6.07 Å². The quantitative estimate of drug-likeness (QED) is 0.765. The topological polar surface area (TPSA) is 90.9 Å². The van der Waals surface area contributed by atoms with Gasteiger partial charge in [0.05, 0.1) is 18.4 Å². The van der Waals surface area contributed by atoms with Crippen molar-refractivity contribution >= 4 is 23.5 Å². The minimum absolute atomic E-state index is 0.204. The Morgan fingerprint density at radius 2 is 1.65 bits per heavy atom. The molecule has 0 spiro atoms. The average molecular weight is 357 g/mol. The van der Waals surface area contributed by atoms with Crippen molar-refractivity contribution in [3.63, 3.8) is 0 Å². The lowest BCUT2D eigenvalue weighted by molar-refractivity contribution is -0.153. The van der Waals surface area contributed by atoms with Crippen molar-refractivity contribution in [2.45, 2.75) is 13.0 Å². The van der Waals surface area contributed by atoms with Gasteiger partial charge < -0.3 is 19.5 Å². The molecule has 0 aromatic heterocycles. The van der Waals surface area contributed by atoms with Gasteiger partial charge in [0.2, 0.25) is 0 Å². The Labute approximate surface area is 150 Å². The van der Waals surface area contributed by atoms with E-state index < -0.39 is 30.6 Å². The van der Waals surface area contributed by atoms with E-state index in [1.165, 1.54) is 20.1 Å². The molecule has 0 aliphatic carbocycles. The van der Waals surface area contributed by atoms with Gasteiger partial charge in [-0.15, -0.1) is 0 Å². The molecule has 0 radical (unpaired) electrons. The minimum Gasteiger partial charge on any atom is -0.479 e. The summed E-state index contributed by atoms with van der Waals surface area (Å²) in [5, 5.41) is 2.51. The van der Waals surface area contributed by atoms with Crippen molar-refractivity contribution < 1.29 is 28.6 Å². The van der Waals surface area contributed by atoms with E-state index >= 15 is 0 Å². The summed E-state index contributed by atoms with van der Waals surface area (Å²) in [6, 6.07) is 15.2. The van der Waals surface area contributed by atoms with E-state index in [4.69, 9.17) is 9.47 Å². The van der Waals surface area contributed by atoms with Crippen molar-refractivity contribution in [3.8, 4) is 5.75 Å². The van der Waals surface area contributed by atoms with Crippen molar-refractivity contribution in [3.05, 3.63) is 60.2 Å². The number of amides is 1. The highest BCUT2D eigenvalue weighted by molar-refractivity contribution is 6.01. The molecule has 2 aromatic rings. The van der Waals surface area contributed by atoms with Crippen LogP contribution in [-0.4, -0.2) is 37.7 Å². The molecule has 0 aliphatic heterocycles. The fraction of sp³-hybridized carbons (Fsp3) is 0.211. The molecule has 0 bridgehead atoms. The number of carbonyl (C=O) groups excluding carboxylic acids is 3. The number of nitrogens with one attached hydrogen (secondary N) is 1. The van der Waals surface area contributed by atoms with Gasteiger partial charge >= 0.3 is 11.9 Å². The minimum atomic E-state index is -0.868. The summed E-state index contributed by atoms with van der Waals surface area (Å²) in [5.41, 5.74) is 0.476. The van der Waals surface area contributed by atoms with Crippen LogP contribution >= 0.6 is 0 Å². The summed E-state index contributed by atoms with van der Waals surface area (Å²) in [6.45, 7) is 1.02. The number of para-hydroxylation sites is 2. The second-order valence-electron chi connectivity index (χ2n) is 5.27. The molecule has 1 N–H and O–H groups in total. The third-order valence-corrected chi connectivity index (χ3v) is 3.34. The predicted molar refractivity (Wildman–Crippen MR) is 93.9 cm³/mol. The molecule has 2 rings (SSSR count). The normalized spacial score (nSPS) is 11.2. The SMILES string of the molecule is COC(=O)c1ccccc1NC(=O)COC(=O)[C@@H](C)Oc1ccccc1. The number of benzene rings is 2. The van der Waals surface area contributed by atoms with Gasteiger partial charge in [0.15, 0.2) is 12.7 Å². The first-order valence-corrected chi connectivity index (χ1v) is 7.86. The van der Waals surface area contributed by atoms with Crippen molar-refractivity contribution in [2.75, 3.05) is 19.0 Å². The summed E-state index contributed by atoms with van der Waals surface area (Å²) in [6.07, 6.45) is -0.868. The van der Waals surface area contributed by atoms with Gasteiger partial charge in [0, 0.05) is 0 Å². The number of methoxy groups -OCH3 is 1. The molecule has 7 nitrogen and oxygen atoms in total. The van der Waals surface area contributed by atoms with Crippen molar-refractivity contribution in [1.82, 2.24) is 0 Å². The van der Waals surface area contributed by atoms with Gasteiger partial charge in [-0.1, -0.05) is 30.3 Å². The summed E-state index contributed by atoms with van der Waals surface area (Å²) in [5.74, 6) is -1.32. The van der Waals surface area contributed by atoms with Crippen LogP contribution in [0.25, 0.3) is 0 Å². The van der Waals surface area contributed by atoms with Gasteiger partial charge in [0.25, 0.3) is 5.91 Å². The predicted octanol–water partition coefficient (Wildman–Crippen LogP) is 2.42. The van der Waals surface area contributed by atoms with Crippen LogP contribution in [0.3, 0.4) is 0 Å². The van der Waals surface area contributed by atoms with E-state index in [0.29, 0.717) is 5.75 Å². The maximum absolute atomic E-state index is 12.0. The van der Waals surface area contributed by atoms with E-state index in [9.17, 15) is 14.4 Å². The number of hydrogen-bond acceptors (Lipinski definition) is 6. The van der Waals surface area contributed by atoms with Gasteiger partial charge in [-0.05, 0) is 31.2 Å². The third kappa shape index (κ3) is 5.34. The van der Waals surface area contributed by atoms with Crippen LogP contribution in [0.5, 0.6) is 5.75 Å². The fourth-order valence-corrected chi connectivity index (χ4v) is 2.07. The molecule has 1 amide bonds. The van der Waals surface area contributed by atoms with Crippen LogP contribution in [0.4, 0.5) is 5.69 Å². The van der Waals surface area contributed by atoms with Gasteiger partial charge in [-0.3, -0.25) is 4.79 Å². The molecular weight excluding hydrogens is 338 g/mol. The smallest absolute Gasteiger partial charge is 0.347 e. The van der Waals surface area contributed by atoms with Crippen LogP contribution in [0, 0.1) is 0 Å². The average Bonchev–Trinajstić information content (AvgIpc) is 2.66. The second kappa shape index (κ2) is 9.22. The first-order chi connectivity index (χ1) is 12.5. The summed E-state index contributed by atoms with van der Waals surface area (Å²) in [4.78, 5) is 35.6. The third-order valence-electron chi connectivity index (χ3n) is 3.34. The molecule has 0 fully saturated rings. The Hall–Kier alpha value is -3.35. The summed E-state index contributed by atoms with van der Waals surface area (Å²) >= 11 is 0. The maximum Gasteiger partial charge on any atom is 0.347 e. The molecule has 0 saturated heterocycles. The Kier molecular flexibility index (Phi) is 6.73. The van der Waals surface area contributed by atoms with Crippen LogP contribution in [0.1, 0.15) is 17.3 Å². The molecule has 0 saturated carbocycles. The zero-order valence-corrected chi connectivity index (χ0v) is 14.4. The molecule has 0 unspecified atom stereocenters. The molecule has 1 atom stereocenters. The van der Waals surface area contributed by atoms with Gasteiger partial charge in [-0.25, -0.2) is 9.59 Å². The van der Waals surface area contributed by atoms with Crippen LogP contribution < -0.4 is 10.1 Å². The molecule has 0 aliphatic rings. The molecule has 136 valence electrons. The second-order valence-corrected chi connectivity index (χ2v) is 5.27. The van der Waals surface area contributed by atoms with Crippen LogP contribution in [0.15, 0.2) is 54.6 Å². The van der Waals surface area contributed by atoms with E-state index in [-0.39, 0.29) is 11.3 Å². The largest absolute Gasteiger partial charge is 0.479 e. The summed E-state index contributed by atoms with van der Waals surface area (Å²) < 4.78 is 15.0. The number of rotatable bonds is 7. The first kappa shape index (κ1) is 19.0. The molecular formula is C19H19NO6. The Morgan fingerprint density at radius 1 is 1.00 bits per heavy atom. The lowest BCUT2D eigenvalue weighted by Crippen LogP contribution is -2.30. The molecule has 7 heteroatoms. The Morgan fingerprint density at radius 3 is 2.35 bits per heavy atom. The number of esters is 2. The van der Waals surface area contributed by atoms with Crippen molar-refractivity contribution in [1.29, 1.82) is 0 Å². The van der Waals surface area contributed by atoms with Gasteiger partial charge in [-0.2, -0.15) is 0 Å². The molecule has 26 heavy (non-hydrogen) atoms. The number of hydrogen-bond donors (Lipinski definition) is 1. The molecule has 2 aromatic carbocycles. The van der Waals surface area contributed by atoms with Crippen molar-refractivity contribution in [2.24, 2.45) is 0 Å². The number of anilines is 1.